The Morgan fingerprint density at radius 2 is 2.14 bits per heavy atom. The molecule has 1 saturated heterocycles. The first-order chi connectivity index (χ1) is 10.9. The molecule has 1 atom stereocenters. The highest BCUT2D eigenvalue weighted by Gasteiger charge is 2.23. The van der Waals surface area contributed by atoms with Gasteiger partial charge >= 0.3 is 0 Å². The van der Waals surface area contributed by atoms with E-state index >= 15 is 0 Å². The molecule has 0 radical (unpaired) electrons. The highest BCUT2D eigenvalue weighted by Crippen LogP contribution is 2.25. The minimum absolute atomic E-state index is 0.740. The summed E-state index contributed by atoms with van der Waals surface area (Å²) in [5.41, 5.74) is 5.68. The van der Waals surface area contributed by atoms with Gasteiger partial charge in [0.1, 0.15) is 0 Å². The number of nitrogens with zero attached hydrogens (tertiary/aromatic N) is 3. The predicted octanol–water partition coefficient (Wildman–Crippen LogP) is 3.76. The lowest BCUT2D eigenvalue weighted by Crippen LogP contribution is -2.20. The Kier molecular flexibility index (Phi) is 3.87. The van der Waals surface area contributed by atoms with E-state index in [9.17, 15) is 0 Å². The number of likely N-dealkylation sites (tertiary alicyclic amines) is 1. The predicted molar refractivity (Wildman–Crippen MR) is 90.9 cm³/mol. The minimum Gasteiger partial charge on any atom is -0.297 e. The van der Waals surface area contributed by atoms with E-state index in [2.05, 4.69) is 50.6 Å². The van der Waals surface area contributed by atoms with Gasteiger partial charge < -0.3 is 0 Å². The maximum Gasteiger partial charge on any atom is 0.0795 e. The van der Waals surface area contributed by atoms with Crippen LogP contribution in [0.5, 0.6) is 0 Å². The first-order valence-corrected chi connectivity index (χ1v) is 8.75. The first-order valence-electron chi connectivity index (χ1n) is 7.80. The molecule has 0 spiro atoms. The van der Waals surface area contributed by atoms with Gasteiger partial charge in [-0.15, -0.1) is 11.3 Å². The summed E-state index contributed by atoms with van der Waals surface area (Å²) in [6.07, 6.45) is 4.37. The zero-order valence-corrected chi connectivity index (χ0v) is 13.3. The van der Waals surface area contributed by atoms with Gasteiger partial charge in [-0.05, 0) is 43.0 Å². The SMILES string of the molecule is c1ccc2c(C[C@H]3CCN(Cc4cscn4)C3)ccnc2c1. The standard InChI is InChI=1S/C18H19N3S/c1-2-4-18-17(3-1)15(5-7-19-18)9-14-6-8-21(10-14)11-16-12-22-13-20-16/h1-5,7,12-14H,6,8-11H2/t14-/m1/s1. The van der Waals surface area contributed by atoms with Gasteiger partial charge in [0.25, 0.3) is 0 Å². The van der Waals surface area contributed by atoms with Gasteiger partial charge in [-0.25, -0.2) is 4.98 Å². The number of benzene rings is 1. The second kappa shape index (κ2) is 6.15. The van der Waals surface area contributed by atoms with Gasteiger partial charge in [-0.2, -0.15) is 0 Å². The van der Waals surface area contributed by atoms with E-state index in [1.807, 2.05) is 11.7 Å². The molecule has 0 amide bonds. The highest BCUT2D eigenvalue weighted by atomic mass is 32.1. The second-order valence-corrected chi connectivity index (χ2v) is 6.78. The quantitative estimate of drug-likeness (QED) is 0.735. The number of para-hydroxylation sites is 1. The van der Waals surface area contributed by atoms with Gasteiger partial charge in [-0.1, -0.05) is 18.2 Å². The van der Waals surface area contributed by atoms with Crippen LogP contribution >= 0.6 is 11.3 Å². The van der Waals surface area contributed by atoms with E-state index in [0.717, 1.165) is 24.4 Å². The summed E-state index contributed by atoms with van der Waals surface area (Å²) < 4.78 is 0. The largest absolute Gasteiger partial charge is 0.297 e. The van der Waals surface area contributed by atoms with Crippen LogP contribution in [0, 0.1) is 5.92 Å². The van der Waals surface area contributed by atoms with Crippen LogP contribution in [-0.2, 0) is 13.0 Å². The zero-order valence-electron chi connectivity index (χ0n) is 12.5. The highest BCUT2D eigenvalue weighted by molar-refractivity contribution is 7.07. The lowest BCUT2D eigenvalue weighted by atomic mass is 9.96. The van der Waals surface area contributed by atoms with Crippen LogP contribution in [0.2, 0.25) is 0 Å². The Labute approximate surface area is 134 Å². The molecule has 0 unspecified atom stereocenters. The lowest BCUT2D eigenvalue weighted by Gasteiger charge is -2.15. The number of pyridine rings is 1. The van der Waals surface area contributed by atoms with Crippen molar-refractivity contribution in [2.24, 2.45) is 5.92 Å². The third-order valence-electron chi connectivity index (χ3n) is 4.49. The Balaban J connectivity index is 1.45. The number of thiazole rings is 1. The van der Waals surface area contributed by atoms with Gasteiger partial charge in [0.05, 0.1) is 16.7 Å². The summed E-state index contributed by atoms with van der Waals surface area (Å²) in [6, 6.07) is 10.6. The average molecular weight is 309 g/mol. The van der Waals surface area contributed by atoms with E-state index < -0.39 is 0 Å². The van der Waals surface area contributed by atoms with Crippen LogP contribution in [0.15, 0.2) is 47.4 Å². The van der Waals surface area contributed by atoms with Crippen molar-refractivity contribution in [2.45, 2.75) is 19.4 Å². The van der Waals surface area contributed by atoms with Crippen LogP contribution in [0.4, 0.5) is 0 Å². The van der Waals surface area contributed by atoms with Gasteiger partial charge in [0.15, 0.2) is 0 Å². The van der Waals surface area contributed by atoms with E-state index in [4.69, 9.17) is 0 Å². The second-order valence-electron chi connectivity index (χ2n) is 6.06. The molecule has 1 fully saturated rings. The van der Waals surface area contributed by atoms with Crippen LogP contribution in [0.3, 0.4) is 0 Å². The van der Waals surface area contributed by atoms with Crippen molar-refractivity contribution in [3.63, 3.8) is 0 Å². The molecular weight excluding hydrogens is 290 g/mol. The molecule has 0 saturated carbocycles. The number of hydrogen-bond acceptors (Lipinski definition) is 4. The molecule has 22 heavy (non-hydrogen) atoms. The number of hydrogen-bond donors (Lipinski definition) is 0. The molecule has 3 aromatic rings. The summed E-state index contributed by atoms with van der Waals surface area (Å²) >= 11 is 1.68. The molecule has 2 aromatic heterocycles. The topological polar surface area (TPSA) is 29.0 Å². The third-order valence-corrected chi connectivity index (χ3v) is 5.12. The fraction of sp³-hybridized carbons (Fsp3) is 0.333. The maximum atomic E-state index is 4.46. The molecule has 112 valence electrons. The van der Waals surface area contributed by atoms with Crippen LogP contribution < -0.4 is 0 Å². The monoisotopic (exact) mass is 309 g/mol. The maximum absolute atomic E-state index is 4.46. The molecular formula is C18H19N3S. The third kappa shape index (κ3) is 2.89. The number of aromatic nitrogens is 2. The average Bonchev–Trinajstić information content (AvgIpc) is 3.20. The van der Waals surface area contributed by atoms with E-state index in [1.165, 1.54) is 36.2 Å². The van der Waals surface area contributed by atoms with E-state index in [-0.39, 0.29) is 0 Å². The summed E-state index contributed by atoms with van der Waals surface area (Å²) in [7, 11) is 0. The Morgan fingerprint density at radius 3 is 3.05 bits per heavy atom. The van der Waals surface area contributed by atoms with E-state index in [0.29, 0.717) is 0 Å². The fourth-order valence-corrected chi connectivity index (χ4v) is 3.96. The Hall–Kier alpha value is -1.78. The van der Waals surface area contributed by atoms with Gasteiger partial charge in [0.2, 0.25) is 0 Å². The molecule has 1 aliphatic heterocycles. The minimum atomic E-state index is 0.740. The van der Waals surface area contributed by atoms with Crippen LogP contribution in [-0.4, -0.2) is 28.0 Å². The molecule has 1 aliphatic rings. The van der Waals surface area contributed by atoms with E-state index in [1.54, 1.807) is 11.3 Å². The molecule has 0 N–H and O–H groups in total. The van der Waals surface area contributed by atoms with Crippen molar-refractivity contribution in [3.05, 3.63) is 58.7 Å². The first kappa shape index (κ1) is 13.9. The lowest BCUT2D eigenvalue weighted by molar-refractivity contribution is 0.313. The molecule has 0 bridgehead atoms. The van der Waals surface area contributed by atoms with Crippen molar-refractivity contribution < 1.29 is 0 Å². The Morgan fingerprint density at radius 1 is 1.18 bits per heavy atom. The summed E-state index contributed by atoms with van der Waals surface area (Å²) in [5, 5.41) is 3.46. The normalized spacial score (nSPS) is 19.0. The smallest absolute Gasteiger partial charge is 0.0795 e. The zero-order chi connectivity index (χ0) is 14.8. The molecule has 1 aromatic carbocycles. The summed E-state index contributed by atoms with van der Waals surface area (Å²) in [4.78, 5) is 11.4. The molecule has 4 heteroatoms. The molecule has 4 rings (SSSR count). The number of fused-ring (bicyclic) bond motifs is 1. The van der Waals surface area contributed by atoms with Crippen molar-refractivity contribution in [2.75, 3.05) is 13.1 Å². The van der Waals surface area contributed by atoms with Crippen LogP contribution in [0.1, 0.15) is 17.7 Å². The van der Waals surface area contributed by atoms with Crippen molar-refractivity contribution in [1.29, 1.82) is 0 Å². The molecule has 3 heterocycles. The van der Waals surface area contributed by atoms with Gasteiger partial charge in [-0.3, -0.25) is 9.88 Å². The van der Waals surface area contributed by atoms with Crippen molar-refractivity contribution >= 4 is 22.2 Å². The number of rotatable bonds is 4. The summed E-state index contributed by atoms with van der Waals surface area (Å²) in [6.45, 7) is 3.36. The fourth-order valence-electron chi connectivity index (χ4n) is 3.41. The van der Waals surface area contributed by atoms with Crippen LogP contribution in [0.25, 0.3) is 10.9 Å². The Bertz CT molecular complexity index is 749. The molecule has 3 nitrogen and oxygen atoms in total. The van der Waals surface area contributed by atoms with Crippen molar-refractivity contribution in [3.8, 4) is 0 Å². The summed E-state index contributed by atoms with van der Waals surface area (Å²) in [5.74, 6) is 0.740. The molecule has 0 aliphatic carbocycles. The van der Waals surface area contributed by atoms with Gasteiger partial charge in [0, 0.05) is 30.1 Å². The van der Waals surface area contributed by atoms with Crippen molar-refractivity contribution in [1.82, 2.24) is 14.9 Å².